The number of hydrogen-bond acceptors (Lipinski definition) is 6. The number of hydrogen-bond donors (Lipinski definition) is 2. The van der Waals surface area contributed by atoms with Crippen molar-refractivity contribution in [3.05, 3.63) is 83.4 Å². The lowest BCUT2D eigenvalue weighted by Crippen LogP contribution is -2.21. The fourth-order valence-corrected chi connectivity index (χ4v) is 3.33. The molecule has 0 fully saturated rings. The van der Waals surface area contributed by atoms with E-state index in [9.17, 15) is 22.8 Å². The average molecular weight is 530 g/mol. The van der Waals surface area contributed by atoms with Gasteiger partial charge in [0.2, 0.25) is 5.91 Å². The quantitative estimate of drug-likeness (QED) is 0.274. The number of ether oxygens (including phenoxy) is 3. The summed E-state index contributed by atoms with van der Waals surface area (Å²) >= 11 is 0. The smallest absolute Gasteiger partial charge is 0.416 e. The molecule has 0 heterocycles. The molecule has 200 valence electrons. The van der Waals surface area contributed by atoms with Crippen molar-refractivity contribution in [3.8, 4) is 17.2 Å². The molecule has 38 heavy (non-hydrogen) atoms. The normalized spacial score (nSPS) is 11.2. The number of nitrogens with zero attached hydrogens (tertiary/aromatic N) is 1. The first-order chi connectivity index (χ1) is 18.2. The van der Waals surface area contributed by atoms with Gasteiger partial charge in [0.05, 0.1) is 37.6 Å². The molecule has 0 atom stereocenters. The van der Waals surface area contributed by atoms with Crippen LogP contribution in [0.4, 0.5) is 18.9 Å². The molecule has 0 aliphatic rings. The predicted octanol–water partition coefficient (Wildman–Crippen LogP) is 4.82. The molecule has 0 aliphatic heterocycles. The molecule has 0 saturated heterocycles. The van der Waals surface area contributed by atoms with Crippen LogP contribution in [0.5, 0.6) is 17.2 Å². The second-order valence-corrected chi connectivity index (χ2v) is 7.84. The van der Waals surface area contributed by atoms with Crippen LogP contribution < -0.4 is 25.0 Å². The molecular weight excluding hydrogens is 503 g/mol. The number of halogens is 3. The molecule has 2 N–H and O–H groups in total. The highest BCUT2D eigenvalue weighted by molar-refractivity contribution is 5.93. The fourth-order valence-electron chi connectivity index (χ4n) is 3.33. The second kappa shape index (κ2) is 13.1. The van der Waals surface area contributed by atoms with Crippen molar-refractivity contribution >= 4 is 23.7 Å². The van der Waals surface area contributed by atoms with Gasteiger partial charge in [-0.3, -0.25) is 9.59 Å². The maximum atomic E-state index is 12.8. The van der Waals surface area contributed by atoms with Gasteiger partial charge in [-0.05, 0) is 54.4 Å². The molecular formula is C27H26F3N3O5. The monoisotopic (exact) mass is 529 g/mol. The fraction of sp³-hybridized carbons (Fsp3) is 0.222. The molecule has 0 unspecified atom stereocenters. The van der Waals surface area contributed by atoms with Gasteiger partial charge in [-0.1, -0.05) is 30.3 Å². The number of rotatable bonds is 11. The number of alkyl halides is 3. The summed E-state index contributed by atoms with van der Waals surface area (Å²) < 4.78 is 55.0. The molecule has 11 heteroatoms. The van der Waals surface area contributed by atoms with E-state index in [1.807, 2.05) is 0 Å². The Morgan fingerprint density at radius 3 is 2.45 bits per heavy atom. The van der Waals surface area contributed by atoms with Gasteiger partial charge >= 0.3 is 6.18 Å². The van der Waals surface area contributed by atoms with Crippen molar-refractivity contribution in [1.82, 2.24) is 5.43 Å². The topological polar surface area (TPSA) is 98.3 Å². The first-order valence-corrected chi connectivity index (χ1v) is 11.5. The third-order valence-corrected chi connectivity index (χ3v) is 5.03. The largest absolute Gasteiger partial charge is 0.495 e. The Labute approximate surface area is 217 Å². The number of benzene rings is 3. The number of hydrazone groups is 1. The van der Waals surface area contributed by atoms with Gasteiger partial charge in [0.1, 0.15) is 5.75 Å². The molecule has 3 aromatic rings. The van der Waals surface area contributed by atoms with Crippen molar-refractivity contribution < 1.29 is 37.0 Å². The van der Waals surface area contributed by atoms with E-state index < -0.39 is 23.6 Å². The van der Waals surface area contributed by atoms with E-state index in [1.54, 1.807) is 49.4 Å². The minimum Gasteiger partial charge on any atom is -0.495 e. The number of nitrogens with one attached hydrogen (secondary N) is 2. The first kappa shape index (κ1) is 28.0. The SMILES string of the molecule is CCOc1cc(/C=N/NC(=O)Cc2cccc(C(F)(F)F)c2)ccc1OCC(=O)Nc1ccccc1OC. The molecule has 0 radical (unpaired) electrons. The van der Waals surface area contributed by atoms with Crippen LogP contribution in [0.2, 0.25) is 0 Å². The Balaban J connectivity index is 1.57. The number of para-hydroxylation sites is 2. The summed E-state index contributed by atoms with van der Waals surface area (Å²) in [6.07, 6.45) is -3.40. The van der Waals surface area contributed by atoms with Crippen LogP contribution in [-0.4, -0.2) is 38.4 Å². The number of methoxy groups -OCH3 is 1. The van der Waals surface area contributed by atoms with E-state index in [4.69, 9.17) is 14.2 Å². The molecule has 8 nitrogen and oxygen atoms in total. The van der Waals surface area contributed by atoms with Gasteiger partial charge in [-0.2, -0.15) is 18.3 Å². The summed E-state index contributed by atoms with van der Waals surface area (Å²) in [5.74, 6) is 0.226. The highest BCUT2D eigenvalue weighted by atomic mass is 19.4. The van der Waals surface area contributed by atoms with Crippen molar-refractivity contribution in [2.45, 2.75) is 19.5 Å². The van der Waals surface area contributed by atoms with E-state index in [0.717, 1.165) is 12.1 Å². The van der Waals surface area contributed by atoms with Gasteiger partial charge in [0.25, 0.3) is 5.91 Å². The summed E-state index contributed by atoms with van der Waals surface area (Å²) in [6, 6.07) is 16.4. The van der Waals surface area contributed by atoms with E-state index >= 15 is 0 Å². The lowest BCUT2D eigenvalue weighted by molar-refractivity contribution is -0.137. The zero-order valence-electron chi connectivity index (χ0n) is 20.7. The maximum absolute atomic E-state index is 12.8. The highest BCUT2D eigenvalue weighted by Crippen LogP contribution is 2.30. The average Bonchev–Trinajstić information content (AvgIpc) is 2.88. The van der Waals surface area contributed by atoms with Gasteiger partial charge < -0.3 is 19.5 Å². The summed E-state index contributed by atoms with van der Waals surface area (Å²) in [4.78, 5) is 24.5. The van der Waals surface area contributed by atoms with Crippen LogP contribution in [0.3, 0.4) is 0 Å². The Kier molecular flexibility index (Phi) is 9.69. The van der Waals surface area contributed by atoms with Crippen LogP contribution in [0.15, 0.2) is 71.8 Å². The van der Waals surface area contributed by atoms with Gasteiger partial charge in [0, 0.05) is 0 Å². The van der Waals surface area contributed by atoms with Crippen molar-refractivity contribution in [2.24, 2.45) is 5.10 Å². The molecule has 0 bridgehead atoms. The number of amides is 2. The minimum absolute atomic E-state index is 0.211. The van der Waals surface area contributed by atoms with Crippen molar-refractivity contribution in [2.75, 3.05) is 25.6 Å². The molecule has 0 spiro atoms. The zero-order chi connectivity index (χ0) is 27.5. The lowest BCUT2D eigenvalue weighted by atomic mass is 10.1. The Hall–Kier alpha value is -4.54. The van der Waals surface area contributed by atoms with Crippen molar-refractivity contribution in [3.63, 3.8) is 0 Å². The molecule has 0 aromatic heterocycles. The van der Waals surface area contributed by atoms with E-state index in [-0.39, 0.29) is 18.6 Å². The molecule has 3 rings (SSSR count). The molecule has 3 aromatic carbocycles. The van der Waals surface area contributed by atoms with Crippen LogP contribution >= 0.6 is 0 Å². The van der Waals surface area contributed by atoms with E-state index in [2.05, 4.69) is 15.8 Å². The van der Waals surface area contributed by atoms with E-state index in [0.29, 0.717) is 35.1 Å². The standard InChI is InChI=1S/C27H26F3N3O5/c1-3-37-24-14-19(16-31-33-25(34)15-18-7-6-8-20(13-18)27(28,29)30)11-12-23(24)38-17-26(35)32-21-9-4-5-10-22(21)36-2/h4-14,16H,3,15,17H2,1-2H3,(H,32,35)(H,33,34)/b31-16+. The molecule has 2 amide bonds. The summed E-state index contributed by atoms with van der Waals surface area (Å²) in [6.45, 7) is 1.84. The van der Waals surface area contributed by atoms with Crippen LogP contribution in [0, 0.1) is 0 Å². The number of anilines is 1. The second-order valence-electron chi connectivity index (χ2n) is 7.84. The zero-order valence-corrected chi connectivity index (χ0v) is 20.7. The Bertz CT molecular complexity index is 1290. The van der Waals surface area contributed by atoms with E-state index in [1.165, 1.54) is 25.5 Å². The minimum atomic E-state index is -4.49. The summed E-state index contributed by atoms with van der Waals surface area (Å²) in [5, 5.41) is 6.57. The summed E-state index contributed by atoms with van der Waals surface area (Å²) in [5.41, 5.74) is 2.74. The number of carbonyl (C=O) groups is 2. The Morgan fingerprint density at radius 2 is 1.71 bits per heavy atom. The van der Waals surface area contributed by atoms with Gasteiger partial charge in [-0.15, -0.1) is 0 Å². The lowest BCUT2D eigenvalue weighted by Gasteiger charge is -2.13. The van der Waals surface area contributed by atoms with Crippen LogP contribution in [0.1, 0.15) is 23.6 Å². The highest BCUT2D eigenvalue weighted by Gasteiger charge is 2.30. The summed E-state index contributed by atoms with van der Waals surface area (Å²) in [7, 11) is 1.50. The molecule has 0 aliphatic carbocycles. The van der Waals surface area contributed by atoms with Crippen LogP contribution in [0.25, 0.3) is 0 Å². The van der Waals surface area contributed by atoms with Crippen molar-refractivity contribution in [1.29, 1.82) is 0 Å². The van der Waals surface area contributed by atoms with Crippen LogP contribution in [-0.2, 0) is 22.2 Å². The third kappa shape index (κ3) is 8.26. The maximum Gasteiger partial charge on any atom is 0.416 e. The predicted molar refractivity (Wildman–Crippen MR) is 136 cm³/mol. The third-order valence-electron chi connectivity index (χ3n) is 5.03. The Morgan fingerprint density at radius 1 is 0.921 bits per heavy atom. The molecule has 0 saturated carbocycles. The van der Waals surface area contributed by atoms with Gasteiger partial charge in [-0.25, -0.2) is 5.43 Å². The number of carbonyl (C=O) groups excluding carboxylic acids is 2. The first-order valence-electron chi connectivity index (χ1n) is 11.5. The van der Waals surface area contributed by atoms with Gasteiger partial charge in [0.15, 0.2) is 18.1 Å².